The van der Waals surface area contributed by atoms with Crippen molar-refractivity contribution in [2.24, 2.45) is 0 Å². The summed E-state index contributed by atoms with van der Waals surface area (Å²) in [7, 11) is 0. The predicted molar refractivity (Wildman–Crippen MR) is 85.9 cm³/mol. The fourth-order valence-corrected chi connectivity index (χ4v) is 2.94. The first-order valence-corrected chi connectivity index (χ1v) is 7.91. The van der Waals surface area contributed by atoms with Crippen LogP contribution in [-0.2, 0) is 11.3 Å². The van der Waals surface area contributed by atoms with Crippen molar-refractivity contribution >= 4 is 28.6 Å². The molecule has 20 heavy (non-hydrogen) atoms. The average molecular weight is 288 g/mol. The molecule has 1 amide bonds. The molecule has 0 aliphatic heterocycles. The Kier molecular flexibility index (Phi) is 5.01. The van der Waals surface area contributed by atoms with E-state index in [-0.39, 0.29) is 11.2 Å². The number of nitrogens with zero attached hydrogens (tertiary/aromatic N) is 1. The van der Waals surface area contributed by atoms with E-state index >= 15 is 0 Å². The summed E-state index contributed by atoms with van der Waals surface area (Å²) in [6.07, 6.45) is 1.79. The highest BCUT2D eigenvalue weighted by Crippen LogP contribution is 2.20. The zero-order valence-electron chi connectivity index (χ0n) is 12.1. The molecular formula is C16H20N2OS. The van der Waals surface area contributed by atoms with Crippen LogP contribution in [0.2, 0.25) is 0 Å². The van der Waals surface area contributed by atoms with E-state index in [0.717, 1.165) is 22.2 Å². The Morgan fingerprint density at radius 3 is 2.95 bits per heavy atom. The lowest BCUT2D eigenvalue weighted by molar-refractivity contribution is -0.120. The third kappa shape index (κ3) is 3.31. The maximum atomic E-state index is 12.0. The van der Waals surface area contributed by atoms with Crippen molar-refractivity contribution in [2.45, 2.75) is 32.6 Å². The van der Waals surface area contributed by atoms with Gasteiger partial charge >= 0.3 is 0 Å². The molecule has 0 saturated heterocycles. The highest BCUT2D eigenvalue weighted by molar-refractivity contribution is 8.00. The predicted octanol–water partition coefficient (Wildman–Crippen LogP) is 3.30. The van der Waals surface area contributed by atoms with E-state index in [4.69, 9.17) is 0 Å². The number of thioether (sulfide) groups is 1. The number of hydrogen-bond donors (Lipinski definition) is 1. The molecule has 0 spiro atoms. The molecular weight excluding hydrogens is 268 g/mol. The van der Waals surface area contributed by atoms with E-state index < -0.39 is 0 Å². The highest BCUT2D eigenvalue weighted by Gasteiger charge is 2.13. The molecule has 1 N–H and O–H groups in total. The Morgan fingerprint density at radius 2 is 2.20 bits per heavy atom. The molecule has 0 fully saturated rings. The van der Waals surface area contributed by atoms with Crippen LogP contribution in [0.25, 0.3) is 10.9 Å². The number of carbonyl (C=O) groups excluding carboxylic acids is 1. The Morgan fingerprint density at radius 1 is 1.40 bits per heavy atom. The number of carbonyl (C=O) groups is 1. The van der Waals surface area contributed by atoms with E-state index in [1.807, 2.05) is 19.1 Å². The van der Waals surface area contributed by atoms with Crippen molar-refractivity contribution in [2.75, 3.05) is 5.75 Å². The number of fused-ring (bicyclic) bond motifs is 1. The smallest absolute Gasteiger partial charge is 0.233 e. The molecule has 0 unspecified atom stereocenters. The van der Waals surface area contributed by atoms with Gasteiger partial charge in [0.05, 0.1) is 10.8 Å². The first-order chi connectivity index (χ1) is 9.63. The third-order valence-corrected chi connectivity index (χ3v) is 4.40. The van der Waals surface area contributed by atoms with Crippen molar-refractivity contribution < 1.29 is 4.79 Å². The number of rotatable bonds is 5. The molecule has 3 nitrogen and oxygen atoms in total. The first-order valence-electron chi connectivity index (χ1n) is 6.86. The molecule has 0 radical (unpaired) electrons. The second kappa shape index (κ2) is 6.75. The molecule has 0 aliphatic rings. The summed E-state index contributed by atoms with van der Waals surface area (Å²) in [4.78, 5) is 16.4. The van der Waals surface area contributed by atoms with Crippen molar-refractivity contribution in [1.82, 2.24) is 10.3 Å². The summed E-state index contributed by atoms with van der Waals surface area (Å²) >= 11 is 1.66. The summed E-state index contributed by atoms with van der Waals surface area (Å²) in [6, 6.07) is 8.07. The van der Waals surface area contributed by atoms with Crippen LogP contribution in [0.3, 0.4) is 0 Å². The second-order valence-electron chi connectivity index (χ2n) is 4.75. The largest absolute Gasteiger partial charge is 0.351 e. The number of aromatic nitrogens is 1. The van der Waals surface area contributed by atoms with Gasteiger partial charge in [0.1, 0.15) is 0 Å². The lowest BCUT2D eigenvalue weighted by atomic mass is 10.0. The SMILES string of the molecule is CCS[C@@H](C)C(=O)NCc1c(C)ccc2ncccc12. The van der Waals surface area contributed by atoms with Gasteiger partial charge in [0.15, 0.2) is 0 Å². The average Bonchev–Trinajstić information content (AvgIpc) is 2.46. The molecule has 2 aromatic rings. The van der Waals surface area contributed by atoms with Gasteiger partial charge in [-0.05, 0) is 42.9 Å². The molecule has 2 rings (SSSR count). The summed E-state index contributed by atoms with van der Waals surface area (Å²) in [5, 5.41) is 4.14. The minimum Gasteiger partial charge on any atom is -0.351 e. The highest BCUT2D eigenvalue weighted by atomic mass is 32.2. The van der Waals surface area contributed by atoms with Gasteiger partial charge in [0.2, 0.25) is 5.91 Å². The number of aryl methyl sites for hydroxylation is 1. The zero-order chi connectivity index (χ0) is 14.5. The standard InChI is InChI=1S/C16H20N2OS/c1-4-20-12(3)16(19)18-10-14-11(2)7-8-15-13(14)6-5-9-17-15/h5-9,12H,4,10H2,1-3H3,(H,18,19)/t12-/m0/s1. The minimum atomic E-state index is -0.00610. The van der Waals surface area contributed by atoms with Crippen LogP contribution in [0, 0.1) is 6.92 Å². The van der Waals surface area contributed by atoms with Gasteiger partial charge in [-0.1, -0.05) is 19.1 Å². The van der Waals surface area contributed by atoms with Gasteiger partial charge in [0, 0.05) is 18.1 Å². The van der Waals surface area contributed by atoms with Crippen LogP contribution in [0.5, 0.6) is 0 Å². The first kappa shape index (κ1) is 14.9. The van der Waals surface area contributed by atoms with Gasteiger partial charge in [-0.15, -0.1) is 11.8 Å². The number of benzene rings is 1. The number of amides is 1. The summed E-state index contributed by atoms with van der Waals surface area (Å²) in [5.74, 6) is 1.04. The van der Waals surface area contributed by atoms with E-state index in [9.17, 15) is 4.79 Å². The quantitative estimate of drug-likeness (QED) is 0.918. The Hall–Kier alpha value is -1.55. The molecule has 4 heteroatoms. The van der Waals surface area contributed by atoms with Crippen molar-refractivity contribution in [3.63, 3.8) is 0 Å². The van der Waals surface area contributed by atoms with Crippen LogP contribution in [-0.4, -0.2) is 21.9 Å². The number of pyridine rings is 1. The Labute approximate surface area is 124 Å². The van der Waals surface area contributed by atoms with E-state index in [0.29, 0.717) is 6.54 Å². The summed E-state index contributed by atoms with van der Waals surface area (Å²) < 4.78 is 0. The van der Waals surface area contributed by atoms with Crippen LogP contribution < -0.4 is 5.32 Å². The summed E-state index contributed by atoms with van der Waals surface area (Å²) in [5.41, 5.74) is 3.30. The van der Waals surface area contributed by atoms with Gasteiger partial charge < -0.3 is 5.32 Å². The van der Waals surface area contributed by atoms with Crippen molar-refractivity contribution in [1.29, 1.82) is 0 Å². The fourth-order valence-electron chi connectivity index (χ4n) is 2.20. The molecule has 1 heterocycles. The van der Waals surface area contributed by atoms with Gasteiger partial charge in [-0.3, -0.25) is 9.78 Å². The van der Waals surface area contributed by atoms with Gasteiger partial charge in [-0.25, -0.2) is 0 Å². The molecule has 0 aliphatic carbocycles. The number of hydrogen-bond acceptors (Lipinski definition) is 3. The maximum absolute atomic E-state index is 12.0. The lowest BCUT2D eigenvalue weighted by Crippen LogP contribution is -2.30. The molecule has 106 valence electrons. The topological polar surface area (TPSA) is 42.0 Å². The molecule has 1 atom stereocenters. The summed E-state index contributed by atoms with van der Waals surface area (Å²) in [6.45, 7) is 6.64. The van der Waals surface area contributed by atoms with Gasteiger partial charge in [0.25, 0.3) is 0 Å². The number of nitrogens with one attached hydrogen (secondary N) is 1. The van der Waals surface area contributed by atoms with Crippen molar-refractivity contribution in [3.8, 4) is 0 Å². The second-order valence-corrected chi connectivity index (χ2v) is 6.36. The molecule has 0 saturated carbocycles. The molecule has 1 aromatic heterocycles. The van der Waals surface area contributed by atoms with E-state index in [1.165, 1.54) is 5.56 Å². The lowest BCUT2D eigenvalue weighted by Gasteiger charge is -2.14. The Bertz CT molecular complexity index is 612. The zero-order valence-corrected chi connectivity index (χ0v) is 13.0. The Balaban J connectivity index is 2.17. The van der Waals surface area contributed by atoms with Gasteiger partial charge in [-0.2, -0.15) is 0 Å². The molecule has 1 aromatic carbocycles. The van der Waals surface area contributed by atoms with E-state index in [2.05, 4.69) is 36.3 Å². The fraction of sp³-hybridized carbons (Fsp3) is 0.375. The minimum absolute atomic E-state index is 0.00610. The van der Waals surface area contributed by atoms with Crippen molar-refractivity contribution in [3.05, 3.63) is 41.6 Å². The third-order valence-electron chi connectivity index (χ3n) is 3.36. The van der Waals surface area contributed by atoms with E-state index in [1.54, 1.807) is 18.0 Å². The maximum Gasteiger partial charge on any atom is 0.233 e. The monoisotopic (exact) mass is 288 g/mol. The van der Waals surface area contributed by atoms with Crippen LogP contribution in [0.4, 0.5) is 0 Å². The van der Waals surface area contributed by atoms with Crippen LogP contribution in [0.15, 0.2) is 30.5 Å². The molecule has 0 bridgehead atoms. The normalized spacial score (nSPS) is 12.3. The van der Waals surface area contributed by atoms with Crippen LogP contribution in [0.1, 0.15) is 25.0 Å². The van der Waals surface area contributed by atoms with Crippen LogP contribution >= 0.6 is 11.8 Å².